The van der Waals surface area contributed by atoms with Crippen LogP contribution in [0, 0.1) is 5.82 Å². The summed E-state index contributed by atoms with van der Waals surface area (Å²) in [6.07, 6.45) is 0. The molecule has 0 aliphatic carbocycles. The Morgan fingerprint density at radius 1 is 1.05 bits per heavy atom. The lowest BCUT2D eigenvalue weighted by molar-refractivity contribution is 0.475. The van der Waals surface area contributed by atoms with Crippen LogP contribution in [0.4, 0.5) is 10.1 Å². The summed E-state index contributed by atoms with van der Waals surface area (Å²) in [5.41, 5.74) is -0.109. The highest BCUT2D eigenvalue weighted by Crippen LogP contribution is 2.33. The van der Waals surface area contributed by atoms with E-state index in [-0.39, 0.29) is 26.4 Å². The second-order valence-corrected chi connectivity index (χ2v) is 6.34. The van der Waals surface area contributed by atoms with Crippen LogP contribution in [-0.4, -0.2) is 13.5 Å². The average Bonchev–Trinajstić information content (AvgIpc) is 2.34. The van der Waals surface area contributed by atoms with Gasteiger partial charge < -0.3 is 5.11 Å². The van der Waals surface area contributed by atoms with Crippen molar-refractivity contribution in [3.63, 3.8) is 0 Å². The zero-order chi connectivity index (χ0) is 14.9. The van der Waals surface area contributed by atoms with Crippen molar-refractivity contribution in [2.24, 2.45) is 0 Å². The number of anilines is 1. The van der Waals surface area contributed by atoms with Gasteiger partial charge >= 0.3 is 0 Å². The second-order valence-electron chi connectivity index (χ2n) is 3.84. The fourth-order valence-corrected chi connectivity index (χ4v) is 3.23. The molecule has 0 saturated heterocycles. The molecule has 0 aromatic heterocycles. The molecular weight excluding hydrogens is 328 g/mol. The maximum atomic E-state index is 13.0. The fourth-order valence-electron chi connectivity index (χ4n) is 1.46. The van der Waals surface area contributed by atoms with Gasteiger partial charge in [0.1, 0.15) is 11.6 Å². The SMILES string of the molecule is O=S(=O)(Nc1c(Cl)cc(F)cc1Cl)c1ccc(O)cc1. The molecule has 0 spiro atoms. The lowest BCUT2D eigenvalue weighted by atomic mass is 10.3. The van der Waals surface area contributed by atoms with Crippen LogP contribution in [-0.2, 0) is 10.0 Å². The van der Waals surface area contributed by atoms with Crippen molar-refractivity contribution >= 4 is 38.9 Å². The average molecular weight is 336 g/mol. The predicted octanol–water partition coefficient (Wildman–Crippen LogP) is 3.64. The maximum Gasteiger partial charge on any atom is 0.261 e. The molecule has 0 fully saturated rings. The molecule has 0 radical (unpaired) electrons. The normalized spacial score (nSPS) is 11.3. The first-order chi connectivity index (χ1) is 9.29. The summed E-state index contributed by atoms with van der Waals surface area (Å²) < 4.78 is 39.4. The van der Waals surface area contributed by atoms with E-state index in [9.17, 15) is 12.8 Å². The van der Waals surface area contributed by atoms with Crippen molar-refractivity contribution in [3.8, 4) is 5.75 Å². The number of benzene rings is 2. The number of nitrogens with one attached hydrogen (secondary N) is 1. The minimum Gasteiger partial charge on any atom is -0.508 e. The Bertz CT molecular complexity index is 725. The van der Waals surface area contributed by atoms with Gasteiger partial charge in [0, 0.05) is 0 Å². The number of hydrogen-bond acceptors (Lipinski definition) is 3. The Labute approximate surface area is 124 Å². The van der Waals surface area contributed by atoms with E-state index < -0.39 is 15.8 Å². The van der Waals surface area contributed by atoms with E-state index in [1.54, 1.807) is 0 Å². The number of hydrogen-bond donors (Lipinski definition) is 2. The molecule has 8 heteroatoms. The van der Waals surface area contributed by atoms with Crippen LogP contribution in [0.2, 0.25) is 10.0 Å². The van der Waals surface area contributed by atoms with Gasteiger partial charge in [0.25, 0.3) is 10.0 Å². The van der Waals surface area contributed by atoms with Gasteiger partial charge in [-0.1, -0.05) is 23.2 Å². The first-order valence-electron chi connectivity index (χ1n) is 5.26. The van der Waals surface area contributed by atoms with Crippen molar-refractivity contribution in [3.05, 3.63) is 52.3 Å². The molecule has 0 atom stereocenters. The molecule has 0 saturated carbocycles. The van der Waals surface area contributed by atoms with Crippen molar-refractivity contribution < 1.29 is 17.9 Å². The predicted molar refractivity (Wildman–Crippen MR) is 75.3 cm³/mol. The Balaban J connectivity index is 2.41. The molecule has 2 rings (SSSR count). The quantitative estimate of drug-likeness (QED) is 0.899. The number of aromatic hydroxyl groups is 1. The van der Waals surface area contributed by atoms with E-state index in [4.69, 9.17) is 28.3 Å². The van der Waals surface area contributed by atoms with Crippen LogP contribution in [0.25, 0.3) is 0 Å². The van der Waals surface area contributed by atoms with E-state index in [1.165, 1.54) is 24.3 Å². The summed E-state index contributed by atoms with van der Waals surface area (Å²) in [7, 11) is -3.94. The smallest absolute Gasteiger partial charge is 0.261 e. The van der Waals surface area contributed by atoms with Crippen molar-refractivity contribution in [2.45, 2.75) is 4.90 Å². The summed E-state index contributed by atoms with van der Waals surface area (Å²) in [5, 5.41) is 8.82. The Morgan fingerprint density at radius 3 is 2.05 bits per heavy atom. The zero-order valence-electron chi connectivity index (χ0n) is 9.77. The number of sulfonamides is 1. The largest absolute Gasteiger partial charge is 0.508 e. The number of halogens is 3. The van der Waals surface area contributed by atoms with E-state index in [0.717, 1.165) is 12.1 Å². The molecule has 2 aromatic carbocycles. The third-order valence-electron chi connectivity index (χ3n) is 2.39. The molecule has 4 nitrogen and oxygen atoms in total. The summed E-state index contributed by atoms with van der Waals surface area (Å²) >= 11 is 11.5. The fraction of sp³-hybridized carbons (Fsp3) is 0. The lowest BCUT2D eigenvalue weighted by Gasteiger charge is -2.11. The van der Waals surface area contributed by atoms with Crippen LogP contribution in [0.15, 0.2) is 41.3 Å². The molecule has 0 amide bonds. The molecule has 0 unspecified atom stereocenters. The number of phenolic OH excluding ortho intramolecular Hbond substituents is 1. The van der Waals surface area contributed by atoms with Gasteiger partial charge in [-0.25, -0.2) is 12.8 Å². The molecule has 20 heavy (non-hydrogen) atoms. The number of rotatable bonds is 3. The Hall–Kier alpha value is -1.50. The second kappa shape index (κ2) is 5.47. The van der Waals surface area contributed by atoms with Gasteiger partial charge in [0.05, 0.1) is 20.6 Å². The zero-order valence-corrected chi connectivity index (χ0v) is 12.1. The first kappa shape index (κ1) is 14.9. The highest BCUT2D eigenvalue weighted by molar-refractivity contribution is 7.92. The van der Waals surface area contributed by atoms with Crippen molar-refractivity contribution in [1.29, 1.82) is 0 Å². The van der Waals surface area contributed by atoms with Crippen LogP contribution < -0.4 is 4.72 Å². The van der Waals surface area contributed by atoms with Gasteiger partial charge in [0.2, 0.25) is 0 Å². The molecular formula is C12H8Cl2FNO3S. The van der Waals surface area contributed by atoms with Gasteiger partial charge in [0.15, 0.2) is 0 Å². The van der Waals surface area contributed by atoms with E-state index in [2.05, 4.69) is 4.72 Å². The highest BCUT2D eigenvalue weighted by atomic mass is 35.5. The van der Waals surface area contributed by atoms with E-state index >= 15 is 0 Å². The van der Waals surface area contributed by atoms with Crippen molar-refractivity contribution in [2.75, 3.05) is 4.72 Å². The molecule has 0 bridgehead atoms. The van der Waals surface area contributed by atoms with E-state index in [1.807, 2.05) is 0 Å². The lowest BCUT2D eigenvalue weighted by Crippen LogP contribution is -2.13. The van der Waals surface area contributed by atoms with Crippen molar-refractivity contribution in [1.82, 2.24) is 0 Å². The molecule has 0 aliphatic heterocycles. The summed E-state index contributed by atoms with van der Waals surface area (Å²) in [5.74, 6) is -0.741. The molecule has 2 N–H and O–H groups in total. The van der Waals surface area contributed by atoms with Crippen LogP contribution in [0.3, 0.4) is 0 Å². The van der Waals surface area contributed by atoms with Crippen LogP contribution in [0.5, 0.6) is 5.75 Å². The highest BCUT2D eigenvalue weighted by Gasteiger charge is 2.18. The minimum absolute atomic E-state index is 0.0678. The topological polar surface area (TPSA) is 66.4 Å². The van der Waals surface area contributed by atoms with Gasteiger partial charge in [-0.3, -0.25) is 4.72 Å². The summed E-state index contributed by atoms with van der Waals surface area (Å²) in [6, 6.07) is 6.76. The van der Waals surface area contributed by atoms with Crippen LogP contribution in [0.1, 0.15) is 0 Å². The Morgan fingerprint density at radius 2 is 1.55 bits per heavy atom. The molecule has 0 aliphatic rings. The number of phenols is 1. The van der Waals surface area contributed by atoms with Gasteiger partial charge in [-0.15, -0.1) is 0 Å². The van der Waals surface area contributed by atoms with E-state index in [0.29, 0.717) is 0 Å². The maximum absolute atomic E-state index is 13.0. The first-order valence-corrected chi connectivity index (χ1v) is 7.50. The van der Waals surface area contributed by atoms with Gasteiger partial charge in [-0.2, -0.15) is 0 Å². The summed E-state index contributed by atoms with van der Waals surface area (Å²) in [6.45, 7) is 0. The molecule has 106 valence electrons. The third-order valence-corrected chi connectivity index (χ3v) is 4.35. The van der Waals surface area contributed by atoms with Crippen LogP contribution >= 0.6 is 23.2 Å². The Kier molecular flexibility index (Phi) is 4.08. The monoisotopic (exact) mass is 335 g/mol. The third kappa shape index (κ3) is 3.15. The minimum atomic E-state index is -3.94. The standard InChI is InChI=1S/C12H8Cl2FNO3S/c13-10-5-7(15)6-11(14)12(10)16-20(18,19)9-3-1-8(17)2-4-9/h1-6,16-17H. The summed E-state index contributed by atoms with van der Waals surface area (Å²) in [4.78, 5) is -0.0910. The molecule has 2 aromatic rings. The van der Waals surface area contributed by atoms with Gasteiger partial charge in [-0.05, 0) is 36.4 Å². The molecule has 0 heterocycles.